The van der Waals surface area contributed by atoms with E-state index in [0.717, 1.165) is 10.0 Å². The summed E-state index contributed by atoms with van der Waals surface area (Å²) in [5, 5.41) is 3.20. The van der Waals surface area contributed by atoms with Crippen molar-refractivity contribution in [1.82, 2.24) is 0 Å². The average Bonchev–Trinajstić information content (AvgIpc) is 2.99. The summed E-state index contributed by atoms with van der Waals surface area (Å²) < 4.78 is 32.1. The highest BCUT2D eigenvalue weighted by atomic mass is 79.9. The van der Waals surface area contributed by atoms with Gasteiger partial charge in [0, 0.05) is 31.0 Å². The number of allylic oxidation sites excluding steroid dienone is 1. The van der Waals surface area contributed by atoms with E-state index < -0.39 is 19.9 Å². The summed E-state index contributed by atoms with van der Waals surface area (Å²) in [7, 11) is -6.92. The molecular formula is C33H27BrO2P2. The van der Waals surface area contributed by atoms with E-state index in [1.165, 1.54) is 0 Å². The SMILES string of the molecule is C=C(C(c1ccc(Br)cc1)P(=O)(c1ccccc1)c1ccccc1)P(=O)(c1ccccc1)c1ccccc1. The van der Waals surface area contributed by atoms with Crippen LogP contribution in [0, 0.1) is 0 Å². The molecule has 0 saturated heterocycles. The van der Waals surface area contributed by atoms with Crippen LogP contribution in [0.2, 0.25) is 0 Å². The molecule has 0 aromatic heterocycles. The van der Waals surface area contributed by atoms with E-state index in [1.807, 2.05) is 146 Å². The van der Waals surface area contributed by atoms with Gasteiger partial charge < -0.3 is 9.13 Å². The molecule has 0 fully saturated rings. The van der Waals surface area contributed by atoms with Crippen molar-refractivity contribution in [3.8, 4) is 0 Å². The summed E-state index contributed by atoms with van der Waals surface area (Å²) >= 11 is 3.54. The molecule has 1 atom stereocenters. The van der Waals surface area contributed by atoms with Gasteiger partial charge in [-0.25, -0.2) is 0 Å². The molecule has 5 aromatic rings. The maximum atomic E-state index is 15.8. The topological polar surface area (TPSA) is 34.1 Å². The number of benzene rings is 5. The molecule has 0 amide bonds. The fourth-order valence-corrected chi connectivity index (χ4v) is 11.9. The Labute approximate surface area is 233 Å². The third-order valence-electron chi connectivity index (χ3n) is 6.79. The first-order chi connectivity index (χ1) is 18.5. The van der Waals surface area contributed by atoms with Gasteiger partial charge in [0.2, 0.25) is 0 Å². The zero-order valence-corrected chi connectivity index (χ0v) is 24.1. The standard InChI is InChI=1S/C33H27BrO2P2/c1-26(37(35,29-14-6-2-7-15-29)30-16-8-3-9-17-30)33(27-22-24-28(34)25-23-27)38(36,31-18-10-4-11-19-31)32-20-12-5-13-21-32/h2-25,33H,1H2. The first kappa shape index (κ1) is 26.4. The first-order valence-electron chi connectivity index (χ1n) is 12.3. The molecule has 0 aliphatic carbocycles. The van der Waals surface area contributed by atoms with Crippen LogP contribution in [0.5, 0.6) is 0 Å². The van der Waals surface area contributed by atoms with Gasteiger partial charge in [0.05, 0.1) is 5.66 Å². The van der Waals surface area contributed by atoms with E-state index >= 15 is 9.13 Å². The number of rotatable bonds is 8. The first-order valence-corrected chi connectivity index (χ1v) is 16.6. The Hall–Kier alpha value is -3.22. The zero-order chi connectivity index (χ0) is 26.6. The molecule has 5 aromatic carbocycles. The van der Waals surface area contributed by atoms with Crippen LogP contribution in [0.15, 0.2) is 162 Å². The van der Waals surface area contributed by atoms with E-state index in [9.17, 15) is 0 Å². The van der Waals surface area contributed by atoms with Crippen molar-refractivity contribution < 1.29 is 9.13 Å². The summed E-state index contributed by atoms with van der Waals surface area (Å²) in [6, 6.07) is 45.8. The van der Waals surface area contributed by atoms with Gasteiger partial charge in [-0.1, -0.05) is 156 Å². The van der Waals surface area contributed by atoms with E-state index in [0.29, 0.717) is 26.5 Å². The molecule has 0 saturated carbocycles. The van der Waals surface area contributed by atoms with Gasteiger partial charge in [-0.15, -0.1) is 0 Å². The fourth-order valence-electron chi connectivity index (χ4n) is 4.93. The van der Waals surface area contributed by atoms with Gasteiger partial charge in [-0.05, 0) is 17.7 Å². The van der Waals surface area contributed by atoms with Crippen LogP contribution < -0.4 is 21.2 Å². The highest BCUT2D eigenvalue weighted by Crippen LogP contribution is 2.68. The summed E-state index contributed by atoms with van der Waals surface area (Å²) in [4.78, 5) is 0. The Balaban J connectivity index is 1.85. The van der Waals surface area contributed by atoms with Crippen LogP contribution in [-0.4, -0.2) is 0 Å². The molecule has 5 heteroatoms. The summed E-state index contributed by atoms with van der Waals surface area (Å²) in [6.45, 7) is 4.55. The monoisotopic (exact) mass is 596 g/mol. The van der Waals surface area contributed by atoms with Crippen LogP contribution in [-0.2, 0) is 9.13 Å². The Morgan fingerprint density at radius 2 is 0.868 bits per heavy atom. The smallest absolute Gasteiger partial charge is 0.167 e. The van der Waals surface area contributed by atoms with Gasteiger partial charge in [0.15, 0.2) is 14.3 Å². The Morgan fingerprint density at radius 1 is 0.526 bits per heavy atom. The summed E-state index contributed by atoms with van der Waals surface area (Å²) in [5.41, 5.74) is 0.0768. The Morgan fingerprint density at radius 3 is 1.24 bits per heavy atom. The van der Waals surface area contributed by atoms with E-state index in [-0.39, 0.29) is 0 Å². The van der Waals surface area contributed by atoms with E-state index in [1.54, 1.807) is 0 Å². The lowest BCUT2D eigenvalue weighted by Gasteiger charge is -2.34. The lowest BCUT2D eigenvalue weighted by Crippen LogP contribution is -2.26. The highest BCUT2D eigenvalue weighted by molar-refractivity contribution is 9.10. The molecule has 0 N–H and O–H groups in total. The molecule has 2 nitrogen and oxygen atoms in total. The predicted octanol–water partition coefficient (Wildman–Crippen LogP) is 8.03. The van der Waals surface area contributed by atoms with Crippen molar-refractivity contribution in [3.05, 3.63) is 168 Å². The lowest BCUT2D eigenvalue weighted by molar-refractivity contribution is 0.579. The molecule has 0 spiro atoms. The van der Waals surface area contributed by atoms with Crippen molar-refractivity contribution in [2.45, 2.75) is 5.66 Å². The molecule has 1 unspecified atom stereocenters. The minimum atomic E-state index is -3.46. The van der Waals surface area contributed by atoms with E-state index in [2.05, 4.69) is 22.5 Å². The third-order valence-corrected chi connectivity index (χ3v) is 14.1. The zero-order valence-electron chi connectivity index (χ0n) is 20.7. The largest absolute Gasteiger partial charge is 0.313 e. The summed E-state index contributed by atoms with van der Waals surface area (Å²) in [6.07, 6.45) is 0. The van der Waals surface area contributed by atoms with Gasteiger partial charge in [0.1, 0.15) is 0 Å². The molecule has 38 heavy (non-hydrogen) atoms. The second-order valence-electron chi connectivity index (χ2n) is 9.05. The van der Waals surface area contributed by atoms with Gasteiger partial charge in [-0.2, -0.15) is 0 Å². The van der Waals surface area contributed by atoms with Crippen molar-refractivity contribution in [3.63, 3.8) is 0 Å². The van der Waals surface area contributed by atoms with Crippen molar-refractivity contribution >= 4 is 51.4 Å². The van der Waals surface area contributed by atoms with E-state index in [4.69, 9.17) is 0 Å². The van der Waals surface area contributed by atoms with Crippen molar-refractivity contribution in [2.75, 3.05) is 0 Å². The van der Waals surface area contributed by atoms with Gasteiger partial charge in [0.25, 0.3) is 0 Å². The van der Waals surface area contributed by atoms with Crippen LogP contribution >= 0.6 is 30.2 Å². The molecule has 0 aliphatic heterocycles. The average molecular weight is 597 g/mol. The predicted molar refractivity (Wildman–Crippen MR) is 166 cm³/mol. The summed E-state index contributed by atoms with van der Waals surface area (Å²) in [5.74, 6) is 0. The Kier molecular flexibility index (Phi) is 7.82. The molecule has 0 aliphatic rings. The number of halogens is 1. The quantitative estimate of drug-likeness (QED) is 0.170. The molecule has 0 bridgehead atoms. The van der Waals surface area contributed by atoms with Crippen molar-refractivity contribution in [1.29, 1.82) is 0 Å². The van der Waals surface area contributed by atoms with Crippen molar-refractivity contribution in [2.24, 2.45) is 0 Å². The molecule has 5 rings (SSSR count). The maximum Gasteiger partial charge on any atom is 0.167 e. The van der Waals surface area contributed by atoms with Gasteiger partial charge in [-0.3, -0.25) is 0 Å². The highest BCUT2D eigenvalue weighted by Gasteiger charge is 2.46. The number of hydrogen-bond donors (Lipinski definition) is 0. The van der Waals surface area contributed by atoms with Crippen LogP contribution in [0.3, 0.4) is 0 Å². The minimum absolute atomic E-state index is 0.452. The fraction of sp³-hybridized carbons (Fsp3) is 0.0303. The molecular weight excluding hydrogens is 570 g/mol. The molecule has 188 valence electrons. The molecule has 0 heterocycles. The number of hydrogen-bond acceptors (Lipinski definition) is 2. The minimum Gasteiger partial charge on any atom is -0.313 e. The second-order valence-corrected chi connectivity index (χ2v) is 15.7. The molecule has 0 radical (unpaired) electrons. The maximum absolute atomic E-state index is 15.8. The lowest BCUT2D eigenvalue weighted by atomic mass is 10.1. The van der Waals surface area contributed by atoms with Crippen LogP contribution in [0.25, 0.3) is 0 Å². The van der Waals surface area contributed by atoms with Crippen LogP contribution in [0.4, 0.5) is 0 Å². The third kappa shape index (κ3) is 4.83. The van der Waals surface area contributed by atoms with Gasteiger partial charge >= 0.3 is 0 Å². The Bertz CT molecular complexity index is 1530. The normalized spacial score (nSPS) is 12.6. The second kappa shape index (κ2) is 11.3. The van der Waals surface area contributed by atoms with Crippen LogP contribution in [0.1, 0.15) is 11.2 Å².